The third-order valence-electron chi connectivity index (χ3n) is 5.52. The minimum Gasteiger partial charge on any atom is -0.492 e. The number of para-hydroxylation sites is 1. The van der Waals surface area contributed by atoms with Crippen molar-refractivity contribution < 1.29 is 60.0 Å². The molecule has 2 aromatic rings. The van der Waals surface area contributed by atoms with E-state index in [0.717, 1.165) is 23.1 Å². The van der Waals surface area contributed by atoms with E-state index < -0.39 is 48.3 Å². The first-order valence-electron chi connectivity index (χ1n) is 12.6. The normalized spacial score (nSPS) is 12.6. The molecule has 1 unspecified atom stereocenters. The van der Waals surface area contributed by atoms with Gasteiger partial charge in [0.2, 0.25) is 0 Å². The number of hydrogen-bond acceptors (Lipinski definition) is 6. The van der Waals surface area contributed by atoms with Crippen LogP contribution >= 0.6 is 0 Å². The summed E-state index contributed by atoms with van der Waals surface area (Å²) in [7, 11) is 0. The molecule has 0 heterocycles. The number of amides is 1. The Labute approximate surface area is 232 Å². The molecule has 0 saturated carbocycles. The van der Waals surface area contributed by atoms with Gasteiger partial charge >= 0.3 is 24.4 Å². The molecule has 0 bridgehead atoms. The minimum absolute atomic E-state index is 0.111. The molecule has 0 aliphatic carbocycles. The van der Waals surface area contributed by atoms with Gasteiger partial charge in [0.1, 0.15) is 18.1 Å². The molecule has 8 nitrogen and oxygen atoms in total. The Morgan fingerprint density at radius 1 is 0.927 bits per heavy atom. The molecule has 2 aromatic carbocycles. The van der Waals surface area contributed by atoms with Gasteiger partial charge in [-0.1, -0.05) is 24.3 Å². The van der Waals surface area contributed by atoms with Crippen LogP contribution in [0.1, 0.15) is 30.9 Å². The average Bonchev–Trinajstić information content (AvgIpc) is 2.89. The van der Waals surface area contributed by atoms with E-state index in [1.165, 1.54) is 6.07 Å². The number of hydrogen-bond donors (Lipinski definition) is 1. The fourth-order valence-electron chi connectivity index (χ4n) is 3.52. The van der Waals surface area contributed by atoms with E-state index in [9.17, 15) is 41.0 Å². The lowest BCUT2D eigenvalue weighted by atomic mass is 10.1. The summed E-state index contributed by atoms with van der Waals surface area (Å²) in [6, 6.07) is 10.6. The van der Waals surface area contributed by atoms with Gasteiger partial charge in [0, 0.05) is 32.6 Å². The first-order valence-corrected chi connectivity index (χ1v) is 12.6. The zero-order valence-corrected chi connectivity index (χ0v) is 22.2. The summed E-state index contributed by atoms with van der Waals surface area (Å²) in [6.45, 7) is 1.06. The van der Waals surface area contributed by atoms with Gasteiger partial charge in [0.25, 0.3) is 0 Å². The predicted molar refractivity (Wildman–Crippen MR) is 134 cm³/mol. The topological polar surface area (TPSA) is 94.5 Å². The lowest BCUT2D eigenvalue weighted by Crippen LogP contribution is -2.39. The number of halogens is 6. The highest BCUT2D eigenvalue weighted by Crippen LogP contribution is 2.36. The number of carbonyl (C=O) groups is 2. The monoisotopic (exact) mass is 595 g/mol. The van der Waals surface area contributed by atoms with E-state index in [1.54, 1.807) is 31.2 Å². The van der Waals surface area contributed by atoms with Crippen LogP contribution in [-0.4, -0.2) is 73.9 Å². The maximum absolute atomic E-state index is 13.3. The summed E-state index contributed by atoms with van der Waals surface area (Å²) in [5, 5.41) is 9.22. The van der Waals surface area contributed by atoms with Crippen LogP contribution in [0.5, 0.6) is 11.5 Å². The van der Waals surface area contributed by atoms with Gasteiger partial charge in [-0.3, -0.25) is 0 Å². The highest BCUT2D eigenvalue weighted by Gasteiger charge is 2.35. The third-order valence-corrected chi connectivity index (χ3v) is 5.52. The Balaban J connectivity index is 1.99. The van der Waals surface area contributed by atoms with E-state index in [-0.39, 0.29) is 52.4 Å². The molecule has 0 radical (unpaired) electrons. The van der Waals surface area contributed by atoms with Gasteiger partial charge in [-0.2, -0.15) is 26.3 Å². The van der Waals surface area contributed by atoms with E-state index in [4.69, 9.17) is 18.9 Å². The quantitative estimate of drug-likeness (QED) is 0.189. The van der Waals surface area contributed by atoms with Crippen LogP contribution in [-0.2, 0) is 26.9 Å². The SMILES string of the molecule is CCOC(Cc1ccc(OCCN(CCOCCCC(F)(F)F)C(=O)Oc2ccccc2C(F)(F)F)cc1)C(=O)O. The van der Waals surface area contributed by atoms with Crippen LogP contribution in [0.25, 0.3) is 0 Å². The maximum Gasteiger partial charge on any atom is 0.419 e. The molecule has 1 atom stereocenters. The van der Waals surface area contributed by atoms with Crippen molar-refractivity contribution in [3.05, 3.63) is 59.7 Å². The van der Waals surface area contributed by atoms with Crippen LogP contribution < -0.4 is 9.47 Å². The number of carboxylic acid groups (broad SMARTS) is 1. The summed E-state index contributed by atoms with van der Waals surface area (Å²) >= 11 is 0. The van der Waals surface area contributed by atoms with Gasteiger partial charge in [-0.25, -0.2) is 9.59 Å². The highest BCUT2D eigenvalue weighted by atomic mass is 19.4. The third kappa shape index (κ3) is 12.7. The number of carbonyl (C=O) groups excluding carboxylic acids is 1. The first kappa shape index (κ1) is 33.7. The van der Waals surface area contributed by atoms with Crippen LogP contribution in [0.4, 0.5) is 31.1 Å². The van der Waals surface area contributed by atoms with Crippen LogP contribution in [0.15, 0.2) is 48.5 Å². The van der Waals surface area contributed by atoms with Crippen LogP contribution in [0.2, 0.25) is 0 Å². The van der Waals surface area contributed by atoms with Crippen molar-refractivity contribution in [2.24, 2.45) is 0 Å². The van der Waals surface area contributed by atoms with Gasteiger partial charge in [0.05, 0.1) is 18.7 Å². The molecule has 41 heavy (non-hydrogen) atoms. The van der Waals surface area contributed by atoms with E-state index in [2.05, 4.69) is 0 Å². The van der Waals surface area contributed by atoms with Gasteiger partial charge in [-0.05, 0) is 43.2 Å². The molecule has 0 aliphatic heterocycles. The van der Waals surface area contributed by atoms with Crippen molar-refractivity contribution in [2.75, 3.05) is 39.5 Å². The Hall–Kier alpha value is -3.52. The van der Waals surface area contributed by atoms with E-state index >= 15 is 0 Å². The molecule has 0 fully saturated rings. The van der Waals surface area contributed by atoms with Crippen molar-refractivity contribution >= 4 is 12.1 Å². The molecule has 0 saturated heterocycles. The van der Waals surface area contributed by atoms with Crippen molar-refractivity contribution in [1.29, 1.82) is 0 Å². The zero-order valence-electron chi connectivity index (χ0n) is 22.2. The fourth-order valence-corrected chi connectivity index (χ4v) is 3.52. The second kappa shape index (κ2) is 16.1. The van der Waals surface area contributed by atoms with Crippen molar-refractivity contribution in [3.63, 3.8) is 0 Å². The van der Waals surface area contributed by atoms with Gasteiger partial charge in [-0.15, -0.1) is 0 Å². The molecule has 14 heteroatoms. The number of rotatable bonds is 16. The minimum atomic E-state index is -4.77. The lowest BCUT2D eigenvalue weighted by Gasteiger charge is -2.23. The highest BCUT2D eigenvalue weighted by molar-refractivity contribution is 5.72. The summed E-state index contributed by atoms with van der Waals surface area (Å²) in [6.07, 6.45) is -12.4. The Morgan fingerprint density at radius 3 is 2.20 bits per heavy atom. The molecule has 0 aromatic heterocycles. The second-order valence-corrected chi connectivity index (χ2v) is 8.66. The Kier molecular flexibility index (Phi) is 13.2. The predicted octanol–water partition coefficient (Wildman–Crippen LogP) is 5.98. The molecule has 0 aliphatic rings. The fraction of sp³-hybridized carbons (Fsp3) is 0.481. The molecular weight excluding hydrogens is 564 g/mol. The number of benzene rings is 2. The largest absolute Gasteiger partial charge is 0.492 e. The summed E-state index contributed by atoms with van der Waals surface area (Å²) in [5.74, 6) is -1.43. The summed E-state index contributed by atoms with van der Waals surface area (Å²) < 4.78 is 97.8. The maximum atomic E-state index is 13.3. The molecule has 2 rings (SSSR count). The lowest BCUT2D eigenvalue weighted by molar-refractivity contribution is -0.150. The standard InChI is InChI=1S/C27H31F6NO7/c1-2-39-23(24(35)36)18-19-8-10-20(11-9-19)40-17-14-34(13-16-38-15-5-12-26(28,29)30)25(37)41-22-7-4-3-6-21(22)27(31,32)33/h3-4,6-11,23H,2,5,12-18H2,1H3,(H,35,36). The molecule has 0 spiro atoms. The first-order chi connectivity index (χ1) is 19.3. The number of ether oxygens (including phenoxy) is 4. The van der Waals surface area contributed by atoms with Gasteiger partial charge < -0.3 is 29.0 Å². The number of alkyl halides is 6. The van der Waals surface area contributed by atoms with Crippen LogP contribution in [0, 0.1) is 0 Å². The second-order valence-electron chi connectivity index (χ2n) is 8.66. The molecule has 228 valence electrons. The molecular formula is C27H31F6NO7. The van der Waals surface area contributed by atoms with Crippen molar-refractivity contribution in [2.45, 2.75) is 44.6 Å². The van der Waals surface area contributed by atoms with E-state index in [0.29, 0.717) is 11.3 Å². The van der Waals surface area contributed by atoms with Gasteiger partial charge in [0.15, 0.2) is 6.10 Å². The number of aliphatic carboxylic acids is 1. The van der Waals surface area contributed by atoms with Crippen LogP contribution in [0.3, 0.4) is 0 Å². The molecule has 1 N–H and O–H groups in total. The summed E-state index contributed by atoms with van der Waals surface area (Å²) in [4.78, 5) is 25.0. The summed E-state index contributed by atoms with van der Waals surface area (Å²) in [5.41, 5.74) is -0.475. The van der Waals surface area contributed by atoms with E-state index in [1.807, 2.05) is 0 Å². The van der Waals surface area contributed by atoms with Crippen molar-refractivity contribution in [3.8, 4) is 11.5 Å². The Bertz CT molecular complexity index is 1090. The molecule has 1 amide bonds. The average molecular weight is 596 g/mol. The number of nitrogens with zero attached hydrogens (tertiary/aromatic N) is 1. The number of carboxylic acids is 1. The van der Waals surface area contributed by atoms with Crippen molar-refractivity contribution in [1.82, 2.24) is 4.90 Å². The Morgan fingerprint density at radius 2 is 1.59 bits per heavy atom. The zero-order chi connectivity index (χ0) is 30.5. The smallest absolute Gasteiger partial charge is 0.419 e.